The number of rotatable bonds is 42. The van der Waals surface area contributed by atoms with Crippen molar-refractivity contribution in [2.24, 2.45) is 0 Å². The minimum Gasteiger partial charge on any atom is -0.394 e. The van der Waals surface area contributed by atoms with Gasteiger partial charge in [-0.25, -0.2) is 0 Å². The molecule has 2 fully saturated rings. The van der Waals surface area contributed by atoms with E-state index in [9.17, 15) is 45.6 Å². The van der Waals surface area contributed by atoms with Crippen LogP contribution in [0.4, 0.5) is 0 Å². The number of nitrogens with one attached hydrogen (secondary N) is 1. The van der Waals surface area contributed by atoms with Gasteiger partial charge >= 0.3 is 0 Å². The maximum atomic E-state index is 13.2. The highest BCUT2D eigenvalue weighted by atomic mass is 16.7. The number of carbonyl (C=O) groups is 1. The summed E-state index contributed by atoms with van der Waals surface area (Å²) in [6.45, 7) is 2.74. The Morgan fingerprint density at radius 3 is 1.43 bits per heavy atom. The van der Waals surface area contributed by atoms with Gasteiger partial charge in [-0.15, -0.1) is 0 Å². The SMILES string of the molecule is CCCCCC/C=C\CCCCCCCC(=O)NC(COC1OC(CO)C(OC2OC(CO)C(O)C(O)C2O)C(O)C1O)C(O)/C=C/CC/C=C/CC/C=C/CCCCCCCCCCCCCC. The molecule has 2 aliphatic heterocycles. The third kappa shape index (κ3) is 28.1. The summed E-state index contributed by atoms with van der Waals surface area (Å²) in [5.74, 6) is -0.264. The fourth-order valence-corrected chi connectivity index (χ4v) is 8.73. The van der Waals surface area contributed by atoms with Crippen LogP contribution in [0, 0.1) is 0 Å². The van der Waals surface area contributed by atoms with Crippen LogP contribution in [-0.4, -0.2) is 140 Å². The van der Waals surface area contributed by atoms with Gasteiger partial charge in [0.15, 0.2) is 12.6 Å². The van der Waals surface area contributed by atoms with Gasteiger partial charge in [0.2, 0.25) is 5.91 Å². The van der Waals surface area contributed by atoms with Gasteiger partial charge in [-0.2, -0.15) is 0 Å². The fraction of sp³-hybridized carbons (Fsp3) is 0.836. The number of unbranched alkanes of at least 4 members (excludes halogenated alkanes) is 23. The van der Waals surface area contributed by atoms with E-state index in [2.05, 4.69) is 55.6 Å². The van der Waals surface area contributed by atoms with Gasteiger partial charge in [0.25, 0.3) is 0 Å². The van der Waals surface area contributed by atoms with Crippen molar-refractivity contribution in [1.29, 1.82) is 0 Å². The molecule has 12 atom stereocenters. The summed E-state index contributed by atoms with van der Waals surface area (Å²) in [5.41, 5.74) is 0. The average molecular weight is 982 g/mol. The lowest BCUT2D eigenvalue weighted by molar-refractivity contribution is -0.359. The molecule has 402 valence electrons. The predicted octanol–water partition coefficient (Wildman–Crippen LogP) is 8.05. The molecule has 0 saturated carbocycles. The van der Waals surface area contributed by atoms with Crippen molar-refractivity contribution >= 4 is 5.91 Å². The molecule has 0 radical (unpaired) electrons. The smallest absolute Gasteiger partial charge is 0.220 e. The number of aliphatic hydroxyl groups is 8. The van der Waals surface area contributed by atoms with Gasteiger partial charge in [-0.3, -0.25) is 4.79 Å². The van der Waals surface area contributed by atoms with Crippen LogP contribution in [0.1, 0.15) is 200 Å². The van der Waals surface area contributed by atoms with Gasteiger partial charge < -0.3 is 65.1 Å². The zero-order chi connectivity index (χ0) is 50.3. The standard InChI is InChI=1S/C55H99NO13/c1-3-5-7-9-11-13-15-17-18-19-20-21-22-23-24-25-27-28-30-32-34-36-38-44(59)43(56-47(60)39-37-35-33-31-29-26-16-14-12-10-8-6-4-2)42-66-54-52(65)50(63)53(46(41-58)68-54)69-55-51(64)49(62)48(61)45(40-57)67-55/h14,16,23-24,28,30,36,38,43-46,48-55,57-59,61-65H,3-13,15,17-22,25-27,29,31-35,37,39-42H2,1-2H3,(H,56,60)/b16-14-,24-23+,30-28+,38-36+. The molecule has 0 aromatic heterocycles. The average Bonchev–Trinajstić information content (AvgIpc) is 3.35. The van der Waals surface area contributed by atoms with Crippen molar-refractivity contribution in [2.45, 2.75) is 274 Å². The van der Waals surface area contributed by atoms with E-state index in [1.54, 1.807) is 6.08 Å². The Hall–Kier alpha value is -2.05. The molecule has 0 spiro atoms. The number of hydrogen-bond donors (Lipinski definition) is 9. The highest BCUT2D eigenvalue weighted by Gasteiger charge is 2.51. The van der Waals surface area contributed by atoms with Crippen LogP contribution in [0.2, 0.25) is 0 Å². The Labute approximate surface area is 416 Å². The van der Waals surface area contributed by atoms with E-state index in [-0.39, 0.29) is 18.9 Å². The van der Waals surface area contributed by atoms with Gasteiger partial charge in [0, 0.05) is 6.42 Å². The lowest BCUT2D eigenvalue weighted by atomic mass is 9.97. The van der Waals surface area contributed by atoms with Crippen molar-refractivity contribution in [1.82, 2.24) is 5.32 Å². The maximum Gasteiger partial charge on any atom is 0.220 e. The first-order chi connectivity index (χ1) is 33.6. The van der Waals surface area contributed by atoms with Crippen molar-refractivity contribution in [3.63, 3.8) is 0 Å². The Morgan fingerprint density at radius 1 is 0.507 bits per heavy atom. The second-order valence-corrected chi connectivity index (χ2v) is 19.3. The van der Waals surface area contributed by atoms with Crippen LogP contribution in [-0.2, 0) is 23.7 Å². The summed E-state index contributed by atoms with van der Waals surface area (Å²) >= 11 is 0. The van der Waals surface area contributed by atoms with Crippen LogP contribution in [0.5, 0.6) is 0 Å². The molecule has 69 heavy (non-hydrogen) atoms. The first-order valence-corrected chi connectivity index (χ1v) is 27.4. The quantitative estimate of drug-likeness (QED) is 0.0209. The molecular formula is C55H99NO13. The minimum absolute atomic E-state index is 0.259. The predicted molar refractivity (Wildman–Crippen MR) is 272 cm³/mol. The van der Waals surface area contributed by atoms with Gasteiger partial charge in [-0.1, -0.05) is 172 Å². The van der Waals surface area contributed by atoms with Crippen molar-refractivity contribution < 1.29 is 64.6 Å². The summed E-state index contributed by atoms with van der Waals surface area (Å²) in [7, 11) is 0. The molecule has 0 aromatic carbocycles. The molecule has 2 rings (SSSR count). The van der Waals surface area contributed by atoms with Gasteiger partial charge in [-0.05, 0) is 70.6 Å². The normalized spacial score (nSPS) is 26.5. The molecule has 2 aliphatic rings. The first kappa shape index (κ1) is 63.1. The second kappa shape index (κ2) is 41.4. The third-order valence-electron chi connectivity index (χ3n) is 13.2. The van der Waals surface area contributed by atoms with Crippen LogP contribution >= 0.6 is 0 Å². The number of allylic oxidation sites excluding steroid dienone is 7. The van der Waals surface area contributed by atoms with E-state index in [1.165, 1.54) is 103 Å². The number of ether oxygens (including phenoxy) is 4. The zero-order valence-electron chi connectivity index (χ0n) is 42.8. The van der Waals surface area contributed by atoms with Crippen molar-refractivity contribution in [2.75, 3.05) is 19.8 Å². The van der Waals surface area contributed by atoms with Crippen molar-refractivity contribution in [3.8, 4) is 0 Å². The number of hydrogen-bond acceptors (Lipinski definition) is 13. The molecule has 14 nitrogen and oxygen atoms in total. The highest BCUT2D eigenvalue weighted by Crippen LogP contribution is 2.30. The Balaban J connectivity index is 1.83. The van der Waals surface area contributed by atoms with Crippen LogP contribution < -0.4 is 5.32 Å². The maximum absolute atomic E-state index is 13.2. The van der Waals surface area contributed by atoms with E-state index in [0.29, 0.717) is 12.8 Å². The molecule has 1 amide bonds. The molecule has 9 N–H and O–H groups in total. The molecule has 0 aromatic rings. The highest BCUT2D eigenvalue weighted by molar-refractivity contribution is 5.76. The van der Waals surface area contributed by atoms with E-state index in [4.69, 9.17) is 18.9 Å². The van der Waals surface area contributed by atoms with E-state index in [1.807, 2.05) is 6.08 Å². The van der Waals surface area contributed by atoms with E-state index >= 15 is 0 Å². The second-order valence-electron chi connectivity index (χ2n) is 19.3. The summed E-state index contributed by atoms with van der Waals surface area (Å²) in [4.78, 5) is 13.2. The van der Waals surface area contributed by atoms with Crippen LogP contribution in [0.15, 0.2) is 48.6 Å². The first-order valence-electron chi connectivity index (χ1n) is 27.4. The molecule has 12 unspecified atom stereocenters. The van der Waals surface area contributed by atoms with Gasteiger partial charge in [0.1, 0.15) is 48.8 Å². The molecule has 14 heteroatoms. The lowest BCUT2D eigenvalue weighted by Crippen LogP contribution is -2.65. The zero-order valence-corrected chi connectivity index (χ0v) is 42.8. The van der Waals surface area contributed by atoms with Crippen LogP contribution in [0.25, 0.3) is 0 Å². The van der Waals surface area contributed by atoms with Crippen molar-refractivity contribution in [3.05, 3.63) is 48.6 Å². The van der Waals surface area contributed by atoms with E-state index < -0.39 is 86.8 Å². The Kier molecular flexibility index (Phi) is 37.9. The monoisotopic (exact) mass is 982 g/mol. The van der Waals surface area contributed by atoms with Crippen LogP contribution in [0.3, 0.4) is 0 Å². The lowest BCUT2D eigenvalue weighted by Gasteiger charge is -2.46. The summed E-state index contributed by atoms with van der Waals surface area (Å²) in [6, 6.07) is -0.941. The molecule has 0 bridgehead atoms. The number of aliphatic hydroxyl groups excluding tert-OH is 8. The largest absolute Gasteiger partial charge is 0.394 e. The topological polar surface area (TPSA) is 228 Å². The molecule has 0 aliphatic carbocycles. The summed E-state index contributed by atoms with van der Waals surface area (Å²) in [5, 5.41) is 86.8. The minimum atomic E-state index is -1.79. The summed E-state index contributed by atoms with van der Waals surface area (Å²) in [6.07, 6.45) is 33.0. The molecule has 2 heterocycles. The fourth-order valence-electron chi connectivity index (χ4n) is 8.73. The molecule has 2 saturated heterocycles. The molecular weight excluding hydrogens is 883 g/mol. The third-order valence-corrected chi connectivity index (χ3v) is 13.2. The summed E-state index contributed by atoms with van der Waals surface area (Å²) < 4.78 is 22.7. The number of amides is 1. The number of carbonyl (C=O) groups excluding carboxylic acids is 1. The Morgan fingerprint density at radius 2 is 0.928 bits per heavy atom. The van der Waals surface area contributed by atoms with Gasteiger partial charge in [0.05, 0.1) is 32.0 Å². The Bertz CT molecular complexity index is 1340. The van der Waals surface area contributed by atoms with E-state index in [0.717, 1.165) is 64.2 Å².